The second-order valence-corrected chi connectivity index (χ2v) is 6.67. The van der Waals surface area contributed by atoms with E-state index in [0.29, 0.717) is 10.9 Å². The smallest absolute Gasteiger partial charge is 0.258 e. The Balaban J connectivity index is 1.61. The number of pyridine rings is 1. The van der Waals surface area contributed by atoms with Crippen molar-refractivity contribution in [3.63, 3.8) is 0 Å². The van der Waals surface area contributed by atoms with Crippen LogP contribution in [0.2, 0.25) is 0 Å². The van der Waals surface area contributed by atoms with Gasteiger partial charge in [-0.15, -0.1) is 0 Å². The van der Waals surface area contributed by atoms with Crippen LogP contribution < -0.4 is 5.56 Å². The average molecular weight is 327 g/mol. The van der Waals surface area contributed by atoms with Crippen molar-refractivity contribution < 1.29 is 5.11 Å². The molecule has 0 unspecified atom stereocenters. The lowest BCUT2D eigenvalue weighted by molar-refractivity contribution is 0.192. The van der Waals surface area contributed by atoms with Crippen molar-refractivity contribution in [3.05, 3.63) is 40.2 Å². The summed E-state index contributed by atoms with van der Waals surface area (Å²) in [5.74, 6) is 0.739. The van der Waals surface area contributed by atoms with E-state index in [4.69, 9.17) is 0 Å². The number of piperidine rings is 1. The Morgan fingerprint density at radius 2 is 2.00 bits per heavy atom. The van der Waals surface area contributed by atoms with Gasteiger partial charge < -0.3 is 10.0 Å². The lowest BCUT2D eigenvalue weighted by Crippen LogP contribution is -2.33. The van der Waals surface area contributed by atoms with Crippen LogP contribution in [0.3, 0.4) is 0 Å². The number of hydrogen-bond donors (Lipinski definition) is 2. The van der Waals surface area contributed by atoms with Crippen LogP contribution >= 0.6 is 0 Å². The first kappa shape index (κ1) is 16.7. The molecule has 5 nitrogen and oxygen atoms in total. The van der Waals surface area contributed by atoms with Gasteiger partial charge in [-0.25, -0.2) is 0 Å². The predicted octanol–water partition coefficient (Wildman–Crippen LogP) is 2.77. The van der Waals surface area contributed by atoms with Crippen molar-refractivity contribution in [1.29, 1.82) is 0 Å². The van der Waals surface area contributed by atoms with E-state index in [1.165, 1.54) is 25.9 Å². The lowest BCUT2D eigenvalue weighted by Gasteiger charge is -2.29. The first-order chi connectivity index (χ1) is 11.6. The lowest BCUT2D eigenvalue weighted by atomic mass is 9.99. The molecule has 128 valence electrons. The third-order valence-electron chi connectivity index (χ3n) is 4.81. The SMILES string of the molecule is CC1CCN(CCCN=Cc2c(O)[nH]c(=O)c3ccccc23)CC1. The molecule has 0 saturated carbocycles. The van der Waals surface area contributed by atoms with Gasteiger partial charge in [-0.3, -0.25) is 14.8 Å². The fourth-order valence-corrected chi connectivity index (χ4v) is 3.24. The number of aromatic nitrogens is 1. The monoisotopic (exact) mass is 327 g/mol. The summed E-state index contributed by atoms with van der Waals surface area (Å²) in [5, 5.41) is 11.3. The summed E-state index contributed by atoms with van der Waals surface area (Å²) in [6.45, 7) is 6.50. The molecule has 1 fully saturated rings. The highest BCUT2D eigenvalue weighted by Crippen LogP contribution is 2.20. The number of likely N-dealkylation sites (tertiary alicyclic amines) is 1. The molecule has 1 aliphatic heterocycles. The summed E-state index contributed by atoms with van der Waals surface area (Å²) in [7, 11) is 0. The normalized spacial score (nSPS) is 17.0. The Morgan fingerprint density at radius 1 is 1.29 bits per heavy atom. The molecule has 0 bridgehead atoms. The third-order valence-corrected chi connectivity index (χ3v) is 4.81. The maximum Gasteiger partial charge on any atom is 0.258 e. The molecule has 0 radical (unpaired) electrons. The predicted molar refractivity (Wildman–Crippen MR) is 98.1 cm³/mol. The molecular formula is C19H25N3O2. The van der Waals surface area contributed by atoms with E-state index in [2.05, 4.69) is 21.8 Å². The minimum absolute atomic E-state index is 0.118. The standard InChI is InChI=1S/C19H25N3O2/c1-14-7-11-22(12-8-14)10-4-9-20-13-17-15-5-2-3-6-16(15)18(23)21-19(17)24/h2-3,5-6,13-14H,4,7-12H2,1H3,(H2,21,23,24). The second kappa shape index (κ2) is 7.62. The molecule has 5 heteroatoms. The second-order valence-electron chi connectivity index (χ2n) is 6.67. The Labute approximate surface area is 142 Å². The fourth-order valence-electron chi connectivity index (χ4n) is 3.24. The number of hydrogen-bond acceptors (Lipinski definition) is 4. The highest BCUT2D eigenvalue weighted by atomic mass is 16.3. The Hall–Kier alpha value is -2.14. The largest absolute Gasteiger partial charge is 0.494 e. The van der Waals surface area contributed by atoms with Gasteiger partial charge in [0.05, 0.1) is 5.56 Å². The quantitative estimate of drug-likeness (QED) is 0.655. The van der Waals surface area contributed by atoms with E-state index in [0.717, 1.165) is 30.8 Å². The molecule has 3 rings (SSSR count). The Kier molecular flexibility index (Phi) is 5.30. The number of H-pyrrole nitrogens is 1. The summed E-state index contributed by atoms with van der Waals surface area (Å²) in [6, 6.07) is 7.26. The summed E-state index contributed by atoms with van der Waals surface area (Å²) in [6.07, 6.45) is 5.26. The number of aromatic amines is 1. The van der Waals surface area contributed by atoms with Crippen LogP contribution in [-0.2, 0) is 0 Å². The molecule has 0 amide bonds. The van der Waals surface area contributed by atoms with Crippen molar-refractivity contribution in [1.82, 2.24) is 9.88 Å². The zero-order chi connectivity index (χ0) is 16.9. The van der Waals surface area contributed by atoms with Crippen LogP contribution in [0, 0.1) is 5.92 Å². The molecule has 2 heterocycles. The number of nitrogens with one attached hydrogen (secondary N) is 1. The zero-order valence-corrected chi connectivity index (χ0v) is 14.2. The van der Waals surface area contributed by atoms with Gasteiger partial charge in [0.15, 0.2) is 0 Å². The summed E-state index contributed by atoms with van der Waals surface area (Å²) >= 11 is 0. The van der Waals surface area contributed by atoms with Crippen LogP contribution in [0.25, 0.3) is 10.8 Å². The number of rotatable bonds is 5. The van der Waals surface area contributed by atoms with E-state index in [1.54, 1.807) is 12.3 Å². The van der Waals surface area contributed by atoms with Gasteiger partial charge in [0.1, 0.15) is 0 Å². The molecule has 0 atom stereocenters. The van der Waals surface area contributed by atoms with Crippen molar-refractivity contribution in [2.24, 2.45) is 10.9 Å². The van der Waals surface area contributed by atoms with Crippen LogP contribution in [-0.4, -0.2) is 47.4 Å². The van der Waals surface area contributed by atoms with Crippen LogP contribution in [0.4, 0.5) is 0 Å². The van der Waals surface area contributed by atoms with Gasteiger partial charge in [0, 0.05) is 23.5 Å². The van der Waals surface area contributed by atoms with Crippen molar-refractivity contribution in [2.75, 3.05) is 26.2 Å². The summed E-state index contributed by atoms with van der Waals surface area (Å²) < 4.78 is 0. The first-order valence-electron chi connectivity index (χ1n) is 8.71. The van der Waals surface area contributed by atoms with E-state index in [-0.39, 0.29) is 11.4 Å². The van der Waals surface area contributed by atoms with Gasteiger partial charge in [-0.1, -0.05) is 25.1 Å². The number of benzene rings is 1. The molecule has 0 spiro atoms. The Bertz CT molecular complexity index is 774. The van der Waals surface area contributed by atoms with Gasteiger partial charge in [-0.05, 0) is 50.9 Å². The minimum atomic E-state index is -0.278. The average Bonchev–Trinajstić information content (AvgIpc) is 2.59. The van der Waals surface area contributed by atoms with Gasteiger partial charge >= 0.3 is 0 Å². The van der Waals surface area contributed by atoms with Gasteiger partial charge in [0.2, 0.25) is 5.88 Å². The van der Waals surface area contributed by atoms with Crippen molar-refractivity contribution in [2.45, 2.75) is 26.2 Å². The molecule has 1 aliphatic rings. The van der Waals surface area contributed by atoms with E-state index in [9.17, 15) is 9.90 Å². The van der Waals surface area contributed by atoms with E-state index < -0.39 is 0 Å². The van der Waals surface area contributed by atoms with Gasteiger partial charge in [0.25, 0.3) is 5.56 Å². The van der Waals surface area contributed by atoms with Crippen molar-refractivity contribution in [3.8, 4) is 5.88 Å². The number of aromatic hydroxyl groups is 1. The van der Waals surface area contributed by atoms with Crippen LogP contribution in [0.15, 0.2) is 34.1 Å². The van der Waals surface area contributed by atoms with E-state index in [1.807, 2.05) is 18.2 Å². The first-order valence-corrected chi connectivity index (χ1v) is 8.71. The Morgan fingerprint density at radius 3 is 2.75 bits per heavy atom. The molecule has 1 aromatic heterocycles. The van der Waals surface area contributed by atoms with Crippen molar-refractivity contribution >= 4 is 17.0 Å². The molecule has 2 N–H and O–H groups in total. The molecular weight excluding hydrogens is 302 g/mol. The molecule has 0 aliphatic carbocycles. The summed E-state index contributed by atoms with van der Waals surface area (Å²) in [5.41, 5.74) is 0.302. The van der Waals surface area contributed by atoms with Crippen LogP contribution in [0.5, 0.6) is 5.88 Å². The fraction of sp³-hybridized carbons (Fsp3) is 0.474. The topological polar surface area (TPSA) is 68.7 Å². The molecule has 2 aromatic rings. The maximum atomic E-state index is 11.9. The highest BCUT2D eigenvalue weighted by molar-refractivity contribution is 6.01. The summed E-state index contributed by atoms with van der Waals surface area (Å²) in [4.78, 5) is 21.3. The van der Waals surface area contributed by atoms with E-state index >= 15 is 0 Å². The number of nitrogens with zero attached hydrogens (tertiary/aromatic N) is 2. The highest BCUT2D eigenvalue weighted by Gasteiger charge is 2.14. The molecule has 24 heavy (non-hydrogen) atoms. The zero-order valence-electron chi connectivity index (χ0n) is 14.2. The number of aliphatic imine (C=N–C) groups is 1. The van der Waals surface area contributed by atoms with Crippen LogP contribution in [0.1, 0.15) is 31.7 Å². The third kappa shape index (κ3) is 3.85. The maximum absolute atomic E-state index is 11.9. The molecule has 1 saturated heterocycles. The van der Waals surface area contributed by atoms with Gasteiger partial charge in [-0.2, -0.15) is 0 Å². The minimum Gasteiger partial charge on any atom is -0.494 e. The number of fused-ring (bicyclic) bond motifs is 1. The molecule has 1 aromatic carbocycles.